The van der Waals surface area contributed by atoms with Gasteiger partial charge in [-0.25, -0.2) is 9.97 Å². The lowest BCUT2D eigenvalue weighted by atomic mass is 9.68. The van der Waals surface area contributed by atoms with E-state index in [1.807, 2.05) is 12.1 Å². The van der Waals surface area contributed by atoms with Crippen molar-refractivity contribution in [1.29, 1.82) is 0 Å². The van der Waals surface area contributed by atoms with Crippen molar-refractivity contribution in [2.45, 2.75) is 30.1 Å². The van der Waals surface area contributed by atoms with Gasteiger partial charge in [0.1, 0.15) is 0 Å². The lowest BCUT2D eigenvalue weighted by Crippen LogP contribution is -2.28. The van der Waals surface area contributed by atoms with Crippen LogP contribution in [0.3, 0.4) is 0 Å². The fourth-order valence-electron chi connectivity index (χ4n) is 19.6. The summed E-state index contributed by atoms with van der Waals surface area (Å²) in [5, 5.41) is 0. The highest BCUT2D eigenvalue weighted by molar-refractivity contribution is 5.96. The number of nitrogens with zero attached hydrogens (tertiary/aromatic N) is 2. The highest BCUT2D eigenvalue weighted by Gasteiger charge is 2.50. The Hall–Kier alpha value is -15.0. The predicted octanol–water partition coefficient (Wildman–Crippen LogP) is 28.6. The minimum absolute atomic E-state index is 0.205. The summed E-state index contributed by atoms with van der Waals surface area (Å²) in [6.07, 6.45) is 0. The van der Waals surface area contributed by atoms with Crippen LogP contribution in [0.25, 0.3) is 123 Å². The summed E-state index contributed by atoms with van der Waals surface area (Å²) < 4.78 is 28.2. The van der Waals surface area contributed by atoms with E-state index in [1.165, 1.54) is 55.6 Å². The third-order valence-corrected chi connectivity index (χ3v) is 25.0. The van der Waals surface area contributed by atoms with Crippen molar-refractivity contribution >= 4 is 0 Å². The van der Waals surface area contributed by atoms with Crippen molar-refractivity contribution in [2.75, 3.05) is 0 Å². The van der Waals surface area contributed by atoms with Gasteiger partial charge in [0.25, 0.3) is 0 Å². The maximum atomic E-state index is 7.34. The monoisotopic (exact) mass is 1500 g/mol. The first-order valence-corrected chi connectivity index (χ1v) is 40.1. The van der Waals surface area contributed by atoms with Crippen molar-refractivity contribution in [1.82, 2.24) is 9.97 Å². The van der Waals surface area contributed by atoms with E-state index in [4.69, 9.17) is 28.9 Å². The third kappa shape index (κ3) is 10.6. The number of hydrogen-bond donors (Lipinski definition) is 0. The summed E-state index contributed by atoms with van der Waals surface area (Å²) in [7, 11) is 0. The molecule has 6 nitrogen and oxygen atoms in total. The quantitative estimate of drug-likeness (QED) is 0.121. The first-order chi connectivity index (χ1) is 57.7. The maximum Gasteiger partial charge on any atom is 0.178 e. The largest absolute Gasteiger partial charge is 0.449 e. The van der Waals surface area contributed by atoms with Gasteiger partial charge in [-0.05, 0) is 201 Å². The molecule has 550 valence electrons. The number of hydrogen-bond acceptors (Lipinski definition) is 6. The highest BCUT2D eigenvalue weighted by atomic mass is 16.6. The van der Waals surface area contributed by atoms with Gasteiger partial charge in [-0.1, -0.05) is 335 Å². The van der Waals surface area contributed by atoms with Crippen LogP contribution in [-0.4, -0.2) is 9.97 Å². The first-order valence-electron chi connectivity index (χ1n) is 40.1. The third-order valence-electron chi connectivity index (χ3n) is 25.0. The molecule has 0 fully saturated rings. The molecule has 2 aliphatic heterocycles. The van der Waals surface area contributed by atoms with Gasteiger partial charge in [0.15, 0.2) is 46.0 Å². The smallest absolute Gasteiger partial charge is 0.178 e. The minimum atomic E-state index is -0.607. The molecule has 0 saturated heterocycles. The van der Waals surface area contributed by atoms with E-state index >= 15 is 0 Å². The van der Waals surface area contributed by atoms with Crippen LogP contribution < -0.4 is 18.9 Å². The van der Waals surface area contributed by atoms with Crippen molar-refractivity contribution in [3.05, 3.63) is 456 Å². The standard InChI is InChI=1S/C111H72N2O4/c1-109(2)89-44-23-20-41-85(89)86-54-51-72(62-94(86)109)77-63-97(113-98(64-77)76-53-58-100-104(68-76)117-108-102(115-100)60-56-93-106(108)88-43-22-25-46-91(88)111(93,81-35-14-6-15-36-81)82-37-16-7-17-38-82)75-30-26-29-74(61-75)83-39-18-19-40-84(83)78-65-95(70-27-8-3-9-28-70)112-96(66-78)71-49-47-69(48-50-71)73-52-57-99-103(67-73)116-107-101(114-99)59-55-92-105(107)87-42-21-24-45-90(87)110(92,79-31-10-4-11-32-79)80-33-12-5-13-34-80/h3-68H,1-2H3. The molecule has 0 radical (unpaired) electrons. The van der Waals surface area contributed by atoms with Crippen LogP contribution in [0.4, 0.5) is 0 Å². The predicted molar refractivity (Wildman–Crippen MR) is 471 cm³/mol. The van der Waals surface area contributed by atoms with Gasteiger partial charge in [-0.2, -0.15) is 0 Å². The van der Waals surface area contributed by atoms with Crippen LogP contribution in [0, 0.1) is 0 Å². The molecule has 117 heavy (non-hydrogen) atoms. The molecule has 0 N–H and O–H groups in total. The molecule has 16 aromatic carbocycles. The number of benzene rings is 16. The van der Waals surface area contributed by atoms with E-state index in [2.05, 4.69) is 402 Å². The van der Waals surface area contributed by atoms with Gasteiger partial charge in [0.2, 0.25) is 0 Å². The molecular weight excluding hydrogens is 1430 g/mol. The van der Waals surface area contributed by atoms with E-state index in [1.54, 1.807) is 0 Å². The van der Waals surface area contributed by atoms with Crippen molar-refractivity contribution in [2.24, 2.45) is 0 Å². The molecule has 2 aromatic heterocycles. The van der Waals surface area contributed by atoms with Crippen molar-refractivity contribution in [3.8, 4) is 169 Å². The Morgan fingerprint density at radius 3 is 1.07 bits per heavy atom. The van der Waals surface area contributed by atoms with Gasteiger partial charge in [-0.3, -0.25) is 0 Å². The second-order valence-electron chi connectivity index (χ2n) is 31.7. The van der Waals surface area contributed by atoms with Crippen LogP contribution in [0.15, 0.2) is 400 Å². The van der Waals surface area contributed by atoms with E-state index < -0.39 is 10.8 Å². The topological polar surface area (TPSA) is 62.7 Å². The zero-order valence-corrected chi connectivity index (χ0v) is 64.1. The van der Waals surface area contributed by atoms with E-state index in [0.29, 0.717) is 46.0 Å². The average Bonchev–Trinajstić information content (AvgIpc) is 1.54. The normalized spacial score (nSPS) is 13.9. The Labute approximate surface area is 679 Å². The Morgan fingerprint density at radius 2 is 0.538 bits per heavy atom. The van der Waals surface area contributed by atoms with Gasteiger partial charge < -0.3 is 18.9 Å². The lowest BCUT2D eigenvalue weighted by Gasteiger charge is -2.34. The summed E-state index contributed by atoms with van der Waals surface area (Å²) >= 11 is 0. The van der Waals surface area contributed by atoms with Crippen molar-refractivity contribution < 1.29 is 18.9 Å². The van der Waals surface area contributed by atoms with Gasteiger partial charge >= 0.3 is 0 Å². The number of ether oxygens (including phenoxy) is 4. The molecular formula is C111H72N2O4. The fraction of sp³-hybridized carbons (Fsp3) is 0.0450. The van der Waals surface area contributed by atoms with Crippen LogP contribution in [0.2, 0.25) is 0 Å². The Kier molecular flexibility index (Phi) is 15.4. The molecule has 0 atom stereocenters. The summed E-state index contributed by atoms with van der Waals surface area (Å²) in [6.45, 7) is 4.69. The molecule has 18 aromatic rings. The van der Waals surface area contributed by atoms with Crippen LogP contribution in [0.5, 0.6) is 46.0 Å². The fourth-order valence-corrected chi connectivity index (χ4v) is 19.6. The average molecular weight is 1500 g/mol. The molecule has 0 amide bonds. The van der Waals surface area contributed by atoms with E-state index in [9.17, 15) is 0 Å². The van der Waals surface area contributed by atoms with Crippen LogP contribution in [-0.2, 0) is 16.2 Å². The summed E-state index contributed by atoms with van der Waals surface area (Å²) in [4.78, 5) is 11.1. The van der Waals surface area contributed by atoms with E-state index in [-0.39, 0.29) is 5.41 Å². The molecule has 6 heteroatoms. The number of aromatic nitrogens is 2. The molecule has 0 unspecified atom stereocenters. The lowest BCUT2D eigenvalue weighted by molar-refractivity contribution is 0.360. The number of rotatable bonds is 12. The Bertz CT molecular complexity index is 7000. The van der Waals surface area contributed by atoms with E-state index in [0.717, 1.165) is 123 Å². The molecule has 4 heterocycles. The summed E-state index contributed by atoms with van der Waals surface area (Å²) in [5.41, 5.74) is 33.3. The molecule has 0 saturated carbocycles. The second kappa shape index (κ2) is 26.6. The van der Waals surface area contributed by atoms with Crippen LogP contribution >= 0.6 is 0 Å². The maximum absolute atomic E-state index is 7.34. The second-order valence-corrected chi connectivity index (χ2v) is 31.7. The summed E-state index contributed by atoms with van der Waals surface area (Å²) in [6, 6.07) is 144. The minimum Gasteiger partial charge on any atom is -0.449 e. The number of pyridine rings is 2. The van der Waals surface area contributed by atoms with Crippen LogP contribution in [0.1, 0.15) is 69.5 Å². The van der Waals surface area contributed by atoms with Gasteiger partial charge in [0, 0.05) is 38.8 Å². The zero-order chi connectivity index (χ0) is 77.5. The zero-order valence-electron chi connectivity index (χ0n) is 64.1. The molecule has 0 spiro atoms. The Morgan fingerprint density at radius 1 is 0.188 bits per heavy atom. The Balaban J connectivity index is 0.598. The number of fused-ring (bicyclic) bond motifs is 15. The highest BCUT2D eigenvalue weighted by Crippen LogP contribution is 2.65. The SMILES string of the molecule is CC1(C)c2ccccc2-c2ccc(-c3cc(-c4cccc(-c5ccccc5-c5cc(-c6ccccc6)nc(-c6ccc(-c7ccc8c(c7)Oc7c(ccc9c7-c7ccccc7C9(c7ccccc7)c7ccccc7)O8)cc6)c5)c4)nc(-c4ccc5c(c4)Oc4c(ccc6c4-c4ccccc4C6(c4ccccc4)c4ccccc4)O5)c3)cc21. The summed E-state index contributed by atoms with van der Waals surface area (Å²) in [5.74, 6) is 5.36. The molecule has 0 bridgehead atoms. The molecule has 5 aliphatic rings. The van der Waals surface area contributed by atoms with Gasteiger partial charge in [-0.15, -0.1) is 0 Å². The van der Waals surface area contributed by atoms with Crippen molar-refractivity contribution in [3.63, 3.8) is 0 Å². The van der Waals surface area contributed by atoms with Gasteiger partial charge in [0.05, 0.1) is 33.6 Å². The first kappa shape index (κ1) is 67.7. The molecule has 23 rings (SSSR count). The molecule has 3 aliphatic carbocycles.